The van der Waals surface area contributed by atoms with Crippen molar-refractivity contribution in [2.75, 3.05) is 24.7 Å². The lowest BCUT2D eigenvalue weighted by molar-refractivity contribution is -0.147. The van der Waals surface area contributed by atoms with E-state index in [-0.39, 0.29) is 47.4 Å². The van der Waals surface area contributed by atoms with Crippen LogP contribution in [0.2, 0.25) is 10.0 Å². The number of hydrogen-bond acceptors (Lipinski definition) is 8. The number of benzene rings is 3. The van der Waals surface area contributed by atoms with Crippen LogP contribution >= 0.6 is 23.2 Å². The Kier molecular flexibility index (Phi) is 9.19. The summed E-state index contributed by atoms with van der Waals surface area (Å²) in [5.41, 5.74) is 1.26. The first-order chi connectivity index (χ1) is 19.2. The maximum Gasteiger partial charge on any atom is 0.345 e. The number of rotatable bonds is 9. The molecule has 9 nitrogen and oxygen atoms in total. The number of Topliss-reactive ketones (excluding diaryl/α,β-unsaturated/α-hetero) is 1. The van der Waals surface area contributed by atoms with Gasteiger partial charge in [0.1, 0.15) is 5.75 Å². The number of carbonyl (C=O) groups excluding carboxylic acids is 5. The number of nitrogens with zero attached hydrogens (tertiary/aromatic N) is 1. The molecule has 0 radical (unpaired) electrons. The van der Waals surface area contributed by atoms with Gasteiger partial charge in [-0.25, -0.2) is 9.59 Å². The summed E-state index contributed by atoms with van der Waals surface area (Å²) in [4.78, 5) is 63.3. The predicted molar refractivity (Wildman–Crippen MR) is 146 cm³/mol. The van der Waals surface area contributed by atoms with Crippen LogP contribution in [0.1, 0.15) is 44.4 Å². The third kappa shape index (κ3) is 6.86. The van der Waals surface area contributed by atoms with E-state index in [2.05, 4.69) is 0 Å². The number of halogens is 2. The molecule has 1 aliphatic rings. The van der Waals surface area contributed by atoms with Crippen LogP contribution in [0.5, 0.6) is 5.75 Å². The summed E-state index contributed by atoms with van der Waals surface area (Å²) >= 11 is 11.9. The van der Waals surface area contributed by atoms with E-state index in [4.69, 9.17) is 37.4 Å². The lowest BCUT2D eigenvalue weighted by Gasteiger charge is -2.17. The van der Waals surface area contributed by atoms with E-state index >= 15 is 0 Å². The molecule has 1 atom stereocenters. The average Bonchev–Trinajstić information content (AvgIpc) is 3.33. The highest BCUT2D eigenvalue weighted by atomic mass is 35.5. The number of anilines is 1. The highest BCUT2D eigenvalue weighted by molar-refractivity contribution is 6.36. The first kappa shape index (κ1) is 28.8. The fourth-order valence-corrected chi connectivity index (χ4v) is 4.46. The zero-order valence-electron chi connectivity index (χ0n) is 21.2. The van der Waals surface area contributed by atoms with Crippen molar-refractivity contribution in [2.24, 2.45) is 5.92 Å². The second kappa shape index (κ2) is 12.8. The van der Waals surface area contributed by atoms with E-state index in [0.29, 0.717) is 16.3 Å². The first-order valence-corrected chi connectivity index (χ1v) is 13.0. The van der Waals surface area contributed by atoms with E-state index < -0.39 is 36.2 Å². The Balaban J connectivity index is 1.28. The summed E-state index contributed by atoms with van der Waals surface area (Å²) in [6.07, 6.45) is -0.0651. The Bertz CT molecular complexity index is 1450. The number of carbonyl (C=O) groups is 5. The van der Waals surface area contributed by atoms with Gasteiger partial charge in [-0.15, -0.1) is 0 Å². The number of amides is 1. The largest absolute Gasteiger partial charge is 0.462 e. The zero-order chi connectivity index (χ0) is 28.8. The van der Waals surface area contributed by atoms with Gasteiger partial charge in [0.15, 0.2) is 12.4 Å². The van der Waals surface area contributed by atoms with Crippen molar-refractivity contribution in [1.29, 1.82) is 0 Å². The molecule has 3 aromatic carbocycles. The summed E-state index contributed by atoms with van der Waals surface area (Å²) < 4.78 is 15.4. The van der Waals surface area contributed by atoms with Crippen LogP contribution in [-0.2, 0) is 19.1 Å². The fraction of sp³-hybridized carbons (Fsp3) is 0.207. The molecule has 0 N–H and O–H groups in total. The molecule has 11 heteroatoms. The van der Waals surface area contributed by atoms with E-state index in [1.54, 1.807) is 31.2 Å². The molecule has 1 heterocycles. The van der Waals surface area contributed by atoms with Crippen molar-refractivity contribution in [3.63, 3.8) is 0 Å². The first-order valence-electron chi connectivity index (χ1n) is 12.2. The molecule has 0 unspecified atom stereocenters. The van der Waals surface area contributed by atoms with Gasteiger partial charge in [0.2, 0.25) is 5.91 Å². The third-order valence-electron chi connectivity index (χ3n) is 6.03. The second-order valence-corrected chi connectivity index (χ2v) is 9.59. The lowest BCUT2D eigenvalue weighted by Crippen LogP contribution is -2.27. The molecule has 206 valence electrons. The molecular weight excluding hydrogens is 561 g/mol. The average molecular weight is 584 g/mol. The molecule has 1 saturated heterocycles. The van der Waals surface area contributed by atoms with Gasteiger partial charge in [-0.1, -0.05) is 23.2 Å². The topological polar surface area (TPSA) is 116 Å². The highest BCUT2D eigenvalue weighted by Gasteiger charge is 2.36. The normalized spacial score (nSPS) is 14.5. The lowest BCUT2D eigenvalue weighted by atomic mass is 10.1. The summed E-state index contributed by atoms with van der Waals surface area (Å²) in [5, 5.41) is 0.522. The minimum Gasteiger partial charge on any atom is -0.462 e. The van der Waals surface area contributed by atoms with Gasteiger partial charge >= 0.3 is 17.9 Å². The van der Waals surface area contributed by atoms with Crippen LogP contribution in [0, 0.1) is 5.92 Å². The van der Waals surface area contributed by atoms with Gasteiger partial charge in [-0.3, -0.25) is 14.4 Å². The number of ketones is 1. The Morgan fingerprint density at radius 2 is 1.55 bits per heavy atom. The van der Waals surface area contributed by atoms with Crippen LogP contribution < -0.4 is 9.64 Å². The molecule has 1 aliphatic heterocycles. The molecule has 0 aromatic heterocycles. The fourth-order valence-electron chi connectivity index (χ4n) is 3.97. The Labute approximate surface area is 239 Å². The molecule has 4 rings (SSSR count). The summed E-state index contributed by atoms with van der Waals surface area (Å²) in [5.74, 6) is -3.13. The standard InChI is InChI=1S/C29H23Cl2NO8/c1-2-38-27(35)18-3-8-21(9-4-18)32-15-19(13-26(32)34)28(36)39-16-25(33)17-5-10-22(11-6-17)40-29(37)23-12-7-20(30)14-24(23)31/h3-12,14,19H,2,13,15-16H2,1H3/t19-/m0/s1. The number of ether oxygens (including phenoxy) is 3. The van der Waals surface area contributed by atoms with E-state index in [1.165, 1.54) is 47.4 Å². The van der Waals surface area contributed by atoms with E-state index in [1.807, 2.05) is 0 Å². The summed E-state index contributed by atoms with van der Waals surface area (Å²) in [7, 11) is 0. The van der Waals surface area contributed by atoms with Crippen LogP contribution in [0.4, 0.5) is 5.69 Å². The van der Waals surface area contributed by atoms with Crippen molar-refractivity contribution in [3.8, 4) is 5.75 Å². The Hall–Kier alpha value is -4.21. The third-order valence-corrected chi connectivity index (χ3v) is 6.58. The van der Waals surface area contributed by atoms with Gasteiger partial charge < -0.3 is 19.1 Å². The van der Waals surface area contributed by atoms with E-state index in [0.717, 1.165) is 0 Å². The van der Waals surface area contributed by atoms with Crippen molar-refractivity contribution >= 4 is 58.5 Å². The Morgan fingerprint density at radius 3 is 2.20 bits per heavy atom. The molecule has 40 heavy (non-hydrogen) atoms. The van der Waals surface area contributed by atoms with Gasteiger partial charge in [0.25, 0.3) is 0 Å². The van der Waals surface area contributed by atoms with Gasteiger partial charge in [0, 0.05) is 29.2 Å². The van der Waals surface area contributed by atoms with Crippen molar-refractivity contribution in [1.82, 2.24) is 0 Å². The zero-order valence-corrected chi connectivity index (χ0v) is 22.7. The Morgan fingerprint density at radius 1 is 0.875 bits per heavy atom. The molecule has 3 aromatic rings. The number of hydrogen-bond donors (Lipinski definition) is 0. The molecular formula is C29H23Cl2NO8. The summed E-state index contributed by atoms with van der Waals surface area (Å²) in [6.45, 7) is 1.52. The van der Waals surface area contributed by atoms with Crippen molar-refractivity contribution in [3.05, 3.63) is 93.5 Å². The van der Waals surface area contributed by atoms with Crippen LogP contribution in [0.3, 0.4) is 0 Å². The minimum atomic E-state index is -0.744. The van der Waals surface area contributed by atoms with E-state index in [9.17, 15) is 24.0 Å². The molecule has 0 aliphatic carbocycles. The molecule has 0 saturated carbocycles. The molecule has 0 spiro atoms. The maximum absolute atomic E-state index is 12.6. The van der Waals surface area contributed by atoms with Crippen molar-refractivity contribution in [2.45, 2.75) is 13.3 Å². The van der Waals surface area contributed by atoms with Crippen molar-refractivity contribution < 1.29 is 38.2 Å². The van der Waals surface area contributed by atoms with Crippen LogP contribution in [0.25, 0.3) is 0 Å². The number of esters is 3. The summed E-state index contributed by atoms with van der Waals surface area (Å²) in [6, 6.07) is 16.4. The van der Waals surface area contributed by atoms with Crippen LogP contribution in [-0.4, -0.2) is 49.4 Å². The maximum atomic E-state index is 12.6. The SMILES string of the molecule is CCOC(=O)c1ccc(N2C[C@@H](C(=O)OCC(=O)c3ccc(OC(=O)c4ccc(Cl)cc4Cl)cc3)CC2=O)cc1. The monoisotopic (exact) mass is 583 g/mol. The minimum absolute atomic E-state index is 0.0651. The smallest absolute Gasteiger partial charge is 0.345 e. The van der Waals surface area contributed by atoms with Gasteiger partial charge in [-0.2, -0.15) is 0 Å². The molecule has 0 bridgehead atoms. The second-order valence-electron chi connectivity index (χ2n) is 8.74. The van der Waals surface area contributed by atoms with Gasteiger partial charge in [-0.05, 0) is 73.7 Å². The molecule has 1 amide bonds. The van der Waals surface area contributed by atoms with Gasteiger partial charge in [0.05, 0.1) is 28.7 Å². The highest BCUT2D eigenvalue weighted by Crippen LogP contribution is 2.27. The quantitative estimate of drug-likeness (QED) is 0.192. The molecule has 1 fully saturated rings. The predicted octanol–water partition coefficient (Wildman–Crippen LogP) is 5.17. The van der Waals surface area contributed by atoms with Crippen LogP contribution in [0.15, 0.2) is 66.7 Å².